The third-order valence-electron chi connectivity index (χ3n) is 2.73. The van der Waals surface area contributed by atoms with E-state index >= 15 is 0 Å². The number of benzene rings is 1. The smallest absolute Gasteiger partial charge is 0.198 e. The first-order valence-electron chi connectivity index (χ1n) is 5.42. The summed E-state index contributed by atoms with van der Waals surface area (Å²) in [6.07, 6.45) is 1.45. The van der Waals surface area contributed by atoms with Gasteiger partial charge in [-0.3, -0.25) is 0 Å². The molecule has 0 amide bonds. The number of halogens is 1. The second kappa shape index (κ2) is 4.10. The molecule has 90 valence electrons. The minimum Gasteiger partial charge on any atom is -0.493 e. The Balaban J connectivity index is 2.27. The monoisotopic (exact) mass is 243 g/mol. The second-order valence-electron chi connectivity index (χ2n) is 3.79. The van der Waals surface area contributed by atoms with Crippen LogP contribution < -0.4 is 4.74 Å². The van der Waals surface area contributed by atoms with E-state index in [1.807, 2.05) is 12.1 Å². The summed E-state index contributed by atoms with van der Waals surface area (Å²) in [7, 11) is 1.58. The Morgan fingerprint density at radius 3 is 2.89 bits per heavy atom. The van der Waals surface area contributed by atoms with E-state index in [1.54, 1.807) is 23.8 Å². The number of ether oxygens (including phenoxy) is 1. The summed E-state index contributed by atoms with van der Waals surface area (Å²) >= 11 is 0. The molecule has 5 heteroatoms. The topological polar surface area (TPSA) is 39.4 Å². The van der Waals surface area contributed by atoms with Crippen LogP contribution in [0.15, 0.2) is 42.7 Å². The van der Waals surface area contributed by atoms with Crippen LogP contribution in [0.25, 0.3) is 16.9 Å². The van der Waals surface area contributed by atoms with Crippen LogP contribution in [-0.2, 0) is 0 Å². The van der Waals surface area contributed by atoms with Crippen LogP contribution in [0.3, 0.4) is 0 Å². The number of rotatable bonds is 2. The van der Waals surface area contributed by atoms with Crippen molar-refractivity contribution in [1.29, 1.82) is 0 Å². The largest absolute Gasteiger partial charge is 0.493 e. The molecule has 0 bridgehead atoms. The number of pyridine rings is 1. The summed E-state index contributed by atoms with van der Waals surface area (Å²) in [6, 6.07) is 9.98. The first kappa shape index (κ1) is 10.7. The number of hydrogen-bond donors (Lipinski definition) is 0. The van der Waals surface area contributed by atoms with E-state index in [4.69, 9.17) is 4.74 Å². The summed E-state index contributed by atoms with van der Waals surface area (Å²) in [5, 5.41) is 4.14. The molecule has 2 aromatic heterocycles. The molecule has 0 aliphatic rings. The fraction of sp³-hybridized carbons (Fsp3) is 0.0769. The van der Waals surface area contributed by atoms with Gasteiger partial charge in [-0.1, -0.05) is 12.1 Å². The molecule has 1 aromatic carbocycles. The molecule has 0 radical (unpaired) electrons. The van der Waals surface area contributed by atoms with Gasteiger partial charge in [-0.25, -0.2) is 13.9 Å². The van der Waals surface area contributed by atoms with Crippen molar-refractivity contribution in [3.8, 4) is 17.0 Å². The number of hydrogen-bond acceptors (Lipinski definition) is 3. The van der Waals surface area contributed by atoms with Gasteiger partial charge >= 0.3 is 0 Å². The van der Waals surface area contributed by atoms with E-state index in [1.165, 1.54) is 18.5 Å². The standard InChI is InChI=1S/C13H10FN3O/c1-18-12-6-5-11(17-13(12)15-8-16-17)9-3-2-4-10(14)7-9/h2-8H,1H3. The lowest BCUT2D eigenvalue weighted by Gasteiger charge is -2.07. The molecule has 0 aliphatic carbocycles. The normalized spacial score (nSPS) is 10.8. The third-order valence-corrected chi connectivity index (χ3v) is 2.73. The molecule has 0 fully saturated rings. The molecule has 0 saturated heterocycles. The maximum absolute atomic E-state index is 13.3. The van der Waals surface area contributed by atoms with Crippen molar-refractivity contribution in [2.75, 3.05) is 7.11 Å². The predicted molar refractivity (Wildman–Crippen MR) is 64.9 cm³/mol. The molecule has 4 nitrogen and oxygen atoms in total. The Morgan fingerprint density at radius 1 is 1.22 bits per heavy atom. The fourth-order valence-electron chi connectivity index (χ4n) is 1.91. The van der Waals surface area contributed by atoms with Crippen LogP contribution in [0.2, 0.25) is 0 Å². The van der Waals surface area contributed by atoms with Crippen LogP contribution in [0, 0.1) is 5.82 Å². The molecular weight excluding hydrogens is 233 g/mol. The molecule has 0 saturated carbocycles. The lowest BCUT2D eigenvalue weighted by Crippen LogP contribution is -1.97. The summed E-state index contributed by atoms with van der Waals surface area (Å²) in [4.78, 5) is 4.13. The van der Waals surface area contributed by atoms with Gasteiger partial charge in [-0.15, -0.1) is 0 Å². The Hall–Kier alpha value is -2.43. The van der Waals surface area contributed by atoms with E-state index in [0.717, 1.165) is 11.3 Å². The van der Waals surface area contributed by atoms with Gasteiger partial charge in [-0.05, 0) is 24.3 Å². The molecule has 3 rings (SSSR count). The third kappa shape index (κ3) is 1.60. The average Bonchev–Trinajstić information content (AvgIpc) is 2.86. The van der Waals surface area contributed by atoms with Crippen LogP contribution >= 0.6 is 0 Å². The van der Waals surface area contributed by atoms with Gasteiger partial charge < -0.3 is 4.74 Å². The van der Waals surface area contributed by atoms with Gasteiger partial charge in [0, 0.05) is 5.56 Å². The minimum absolute atomic E-state index is 0.281. The van der Waals surface area contributed by atoms with Crippen molar-refractivity contribution in [2.45, 2.75) is 0 Å². The van der Waals surface area contributed by atoms with E-state index in [0.29, 0.717) is 11.4 Å². The molecule has 0 N–H and O–H groups in total. The molecule has 0 spiro atoms. The van der Waals surface area contributed by atoms with Gasteiger partial charge in [0.2, 0.25) is 0 Å². The highest BCUT2D eigenvalue weighted by atomic mass is 19.1. The summed E-state index contributed by atoms with van der Waals surface area (Å²) in [6.45, 7) is 0. The van der Waals surface area contributed by atoms with Gasteiger partial charge in [-0.2, -0.15) is 5.10 Å². The van der Waals surface area contributed by atoms with Crippen molar-refractivity contribution < 1.29 is 9.13 Å². The molecule has 0 aliphatic heterocycles. The molecule has 3 aromatic rings. The van der Waals surface area contributed by atoms with E-state index < -0.39 is 0 Å². The Kier molecular flexibility index (Phi) is 2.44. The number of nitrogens with zero attached hydrogens (tertiary/aromatic N) is 3. The fourth-order valence-corrected chi connectivity index (χ4v) is 1.91. The second-order valence-corrected chi connectivity index (χ2v) is 3.79. The Labute approximate surface area is 103 Å². The number of aromatic nitrogens is 3. The lowest BCUT2D eigenvalue weighted by atomic mass is 10.1. The maximum atomic E-state index is 13.3. The van der Waals surface area contributed by atoms with E-state index in [-0.39, 0.29) is 5.82 Å². The number of fused-ring (bicyclic) bond motifs is 1. The quantitative estimate of drug-likeness (QED) is 0.694. The average molecular weight is 243 g/mol. The zero-order valence-electron chi connectivity index (χ0n) is 9.67. The summed E-state index contributed by atoms with van der Waals surface area (Å²) in [5.41, 5.74) is 2.12. The highest BCUT2D eigenvalue weighted by molar-refractivity contribution is 5.66. The van der Waals surface area contributed by atoms with Crippen LogP contribution in [0.5, 0.6) is 5.75 Å². The zero-order valence-corrected chi connectivity index (χ0v) is 9.67. The highest BCUT2D eigenvalue weighted by Gasteiger charge is 2.10. The van der Waals surface area contributed by atoms with Crippen LogP contribution in [0.1, 0.15) is 0 Å². The van der Waals surface area contributed by atoms with Crippen LogP contribution in [0.4, 0.5) is 4.39 Å². The van der Waals surface area contributed by atoms with E-state index in [9.17, 15) is 4.39 Å². The first-order chi connectivity index (χ1) is 8.79. The SMILES string of the molecule is COc1ccc(-c2cccc(F)c2)n2ncnc12. The molecule has 0 atom stereocenters. The summed E-state index contributed by atoms with van der Waals surface area (Å²) < 4.78 is 20.1. The first-order valence-corrected chi connectivity index (χ1v) is 5.42. The lowest BCUT2D eigenvalue weighted by molar-refractivity contribution is 0.416. The zero-order chi connectivity index (χ0) is 12.5. The Morgan fingerprint density at radius 2 is 2.11 bits per heavy atom. The number of methoxy groups -OCH3 is 1. The van der Waals surface area contributed by atoms with Gasteiger partial charge in [0.05, 0.1) is 12.8 Å². The molecule has 2 heterocycles. The van der Waals surface area contributed by atoms with Crippen molar-refractivity contribution in [2.24, 2.45) is 0 Å². The van der Waals surface area contributed by atoms with Crippen molar-refractivity contribution in [1.82, 2.24) is 14.6 Å². The molecule has 18 heavy (non-hydrogen) atoms. The van der Waals surface area contributed by atoms with Gasteiger partial charge in [0.15, 0.2) is 11.4 Å². The van der Waals surface area contributed by atoms with Crippen molar-refractivity contribution in [3.63, 3.8) is 0 Å². The maximum Gasteiger partial charge on any atom is 0.198 e. The van der Waals surface area contributed by atoms with Gasteiger partial charge in [0.25, 0.3) is 0 Å². The van der Waals surface area contributed by atoms with E-state index in [2.05, 4.69) is 10.1 Å². The van der Waals surface area contributed by atoms with Crippen LogP contribution in [-0.4, -0.2) is 21.7 Å². The molecule has 0 unspecified atom stereocenters. The van der Waals surface area contributed by atoms with Crippen molar-refractivity contribution >= 4 is 5.65 Å². The summed E-state index contributed by atoms with van der Waals surface area (Å²) in [5.74, 6) is 0.351. The van der Waals surface area contributed by atoms with Gasteiger partial charge in [0.1, 0.15) is 12.1 Å². The minimum atomic E-state index is -0.281. The molecular formula is C13H10FN3O. The van der Waals surface area contributed by atoms with Crippen molar-refractivity contribution in [3.05, 3.63) is 48.5 Å². The Bertz CT molecular complexity index is 708. The predicted octanol–water partition coefficient (Wildman–Crippen LogP) is 2.54. The highest BCUT2D eigenvalue weighted by Crippen LogP contribution is 2.25.